The van der Waals surface area contributed by atoms with Gasteiger partial charge in [-0.1, -0.05) is 12.1 Å². The van der Waals surface area contributed by atoms with Crippen LogP contribution < -0.4 is 5.32 Å². The van der Waals surface area contributed by atoms with Crippen molar-refractivity contribution in [3.05, 3.63) is 35.6 Å². The van der Waals surface area contributed by atoms with Crippen molar-refractivity contribution in [3.63, 3.8) is 0 Å². The van der Waals surface area contributed by atoms with Crippen LogP contribution in [0.15, 0.2) is 24.3 Å². The zero-order valence-corrected chi connectivity index (χ0v) is 8.04. The summed E-state index contributed by atoms with van der Waals surface area (Å²) in [6.07, 6.45) is 1.28. The Labute approximate surface area is 83.3 Å². The lowest BCUT2D eigenvalue weighted by molar-refractivity contribution is 0.191. The molecule has 1 nitrogen and oxygen atoms in total. The number of hydrogen-bond acceptors (Lipinski definition) is 1. The van der Waals surface area contributed by atoms with E-state index < -0.39 is 0 Å². The Morgan fingerprint density at radius 1 is 1.14 bits per heavy atom. The molecule has 0 amide bonds. The first-order valence-electron chi connectivity index (χ1n) is 5.31. The number of benzene rings is 1. The van der Waals surface area contributed by atoms with Crippen molar-refractivity contribution in [2.75, 3.05) is 13.1 Å². The maximum Gasteiger partial charge on any atom is 0.123 e. The molecule has 1 saturated heterocycles. The topological polar surface area (TPSA) is 12.0 Å². The van der Waals surface area contributed by atoms with Crippen molar-refractivity contribution >= 4 is 0 Å². The zero-order valence-electron chi connectivity index (χ0n) is 8.04. The maximum absolute atomic E-state index is 12.7. The molecule has 14 heavy (non-hydrogen) atoms. The molecular formula is C12H14FN. The highest BCUT2D eigenvalue weighted by Gasteiger charge is 2.44. The lowest BCUT2D eigenvalue weighted by Crippen LogP contribution is -2.33. The molecule has 2 heteroatoms. The third-order valence-corrected chi connectivity index (χ3v) is 3.76. The molecule has 0 radical (unpaired) electrons. The fourth-order valence-corrected chi connectivity index (χ4v) is 2.88. The molecule has 1 N–H and O–H groups in total. The summed E-state index contributed by atoms with van der Waals surface area (Å²) in [5, 5.41) is 3.42. The van der Waals surface area contributed by atoms with Crippen molar-refractivity contribution in [1.82, 2.24) is 5.32 Å². The molecule has 2 fully saturated rings. The molecule has 3 rings (SSSR count). The molecule has 0 bridgehead atoms. The summed E-state index contributed by atoms with van der Waals surface area (Å²) in [6, 6.07) is 7.03. The van der Waals surface area contributed by atoms with Gasteiger partial charge in [0.25, 0.3) is 0 Å². The third-order valence-electron chi connectivity index (χ3n) is 3.76. The van der Waals surface area contributed by atoms with Crippen LogP contribution in [0.5, 0.6) is 0 Å². The minimum atomic E-state index is -0.130. The maximum atomic E-state index is 12.7. The summed E-state index contributed by atoms with van der Waals surface area (Å²) in [5.41, 5.74) is 1.32. The molecule has 3 atom stereocenters. The van der Waals surface area contributed by atoms with Gasteiger partial charge >= 0.3 is 0 Å². The molecule has 1 aromatic rings. The van der Waals surface area contributed by atoms with Crippen LogP contribution in [0.2, 0.25) is 0 Å². The number of fused-ring (bicyclic) bond motifs is 1. The second kappa shape index (κ2) is 3.06. The molecule has 1 aromatic carbocycles. The van der Waals surface area contributed by atoms with E-state index in [1.165, 1.54) is 18.5 Å². The number of nitrogens with one attached hydrogen (secondary N) is 1. The van der Waals surface area contributed by atoms with Crippen molar-refractivity contribution in [2.24, 2.45) is 11.8 Å². The van der Waals surface area contributed by atoms with E-state index >= 15 is 0 Å². The SMILES string of the molecule is Fc1ccc([C@H]2C[C@H]3CNC[C@H]32)cc1. The Bertz CT molecular complexity index is 333. The quantitative estimate of drug-likeness (QED) is 0.717. The van der Waals surface area contributed by atoms with Gasteiger partial charge in [-0.3, -0.25) is 0 Å². The summed E-state index contributed by atoms with van der Waals surface area (Å²) in [7, 11) is 0. The van der Waals surface area contributed by atoms with Crippen LogP contribution in [-0.4, -0.2) is 13.1 Å². The lowest BCUT2D eigenvalue weighted by Gasteiger charge is -2.40. The number of rotatable bonds is 1. The van der Waals surface area contributed by atoms with Gasteiger partial charge < -0.3 is 5.32 Å². The molecule has 1 aliphatic heterocycles. The van der Waals surface area contributed by atoms with Gasteiger partial charge in [-0.05, 0) is 55.0 Å². The standard InChI is InChI=1S/C12H14FN/c13-10-3-1-8(2-4-10)11-5-9-6-14-7-12(9)11/h1-4,9,11-12,14H,5-7H2/t9-,11+,12+/m0/s1. The lowest BCUT2D eigenvalue weighted by atomic mass is 9.64. The largest absolute Gasteiger partial charge is 0.316 e. The van der Waals surface area contributed by atoms with Crippen molar-refractivity contribution in [2.45, 2.75) is 12.3 Å². The van der Waals surface area contributed by atoms with Gasteiger partial charge in [-0.15, -0.1) is 0 Å². The molecule has 0 spiro atoms. The molecule has 0 unspecified atom stereocenters. The average molecular weight is 191 g/mol. The molecule has 1 saturated carbocycles. The summed E-state index contributed by atoms with van der Waals surface area (Å²) in [4.78, 5) is 0. The van der Waals surface area contributed by atoms with Gasteiger partial charge in [0, 0.05) is 0 Å². The van der Waals surface area contributed by atoms with Crippen LogP contribution in [0.3, 0.4) is 0 Å². The van der Waals surface area contributed by atoms with E-state index in [2.05, 4.69) is 5.32 Å². The Kier molecular flexibility index (Phi) is 1.84. The van der Waals surface area contributed by atoms with Gasteiger partial charge in [0.15, 0.2) is 0 Å². The van der Waals surface area contributed by atoms with Crippen molar-refractivity contribution in [3.8, 4) is 0 Å². The molecular weight excluding hydrogens is 177 g/mol. The first-order chi connectivity index (χ1) is 6.84. The van der Waals surface area contributed by atoms with Gasteiger partial charge in [0.1, 0.15) is 5.82 Å². The van der Waals surface area contributed by atoms with Crippen LogP contribution >= 0.6 is 0 Å². The normalized spacial score (nSPS) is 35.1. The highest BCUT2D eigenvalue weighted by atomic mass is 19.1. The van der Waals surface area contributed by atoms with E-state index in [0.29, 0.717) is 5.92 Å². The molecule has 1 aliphatic carbocycles. The van der Waals surface area contributed by atoms with Crippen LogP contribution in [0, 0.1) is 17.7 Å². The molecule has 0 aromatic heterocycles. The van der Waals surface area contributed by atoms with Crippen molar-refractivity contribution in [1.29, 1.82) is 0 Å². The van der Waals surface area contributed by atoms with E-state index in [9.17, 15) is 4.39 Å². The Morgan fingerprint density at radius 3 is 2.64 bits per heavy atom. The van der Waals surface area contributed by atoms with E-state index in [4.69, 9.17) is 0 Å². The van der Waals surface area contributed by atoms with E-state index in [-0.39, 0.29) is 5.82 Å². The smallest absolute Gasteiger partial charge is 0.123 e. The second-order valence-electron chi connectivity index (χ2n) is 4.48. The predicted octanol–water partition coefficient (Wildman–Crippen LogP) is 2.15. The minimum absolute atomic E-state index is 0.130. The zero-order chi connectivity index (χ0) is 9.54. The monoisotopic (exact) mass is 191 g/mol. The summed E-state index contributed by atoms with van der Waals surface area (Å²) in [6.45, 7) is 2.33. The third kappa shape index (κ3) is 1.17. The highest BCUT2D eigenvalue weighted by Crippen LogP contribution is 2.48. The number of hydrogen-bond donors (Lipinski definition) is 1. The fraction of sp³-hybridized carbons (Fsp3) is 0.500. The Morgan fingerprint density at radius 2 is 1.93 bits per heavy atom. The van der Waals surface area contributed by atoms with Gasteiger partial charge in [-0.25, -0.2) is 4.39 Å². The molecule has 1 heterocycles. The molecule has 2 aliphatic rings. The fourth-order valence-electron chi connectivity index (χ4n) is 2.88. The molecule has 74 valence electrons. The Balaban J connectivity index is 1.80. The van der Waals surface area contributed by atoms with Crippen LogP contribution in [-0.2, 0) is 0 Å². The van der Waals surface area contributed by atoms with Gasteiger partial charge in [-0.2, -0.15) is 0 Å². The van der Waals surface area contributed by atoms with Crippen LogP contribution in [0.4, 0.5) is 4.39 Å². The summed E-state index contributed by atoms with van der Waals surface area (Å²) < 4.78 is 12.7. The summed E-state index contributed by atoms with van der Waals surface area (Å²) >= 11 is 0. The average Bonchev–Trinajstić information content (AvgIpc) is 2.52. The predicted molar refractivity (Wildman–Crippen MR) is 53.6 cm³/mol. The summed E-state index contributed by atoms with van der Waals surface area (Å²) in [5.74, 6) is 2.23. The number of halogens is 1. The second-order valence-corrected chi connectivity index (χ2v) is 4.48. The minimum Gasteiger partial charge on any atom is -0.316 e. The highest BCUT2D eigenvalue weighted by molar-refractivity contribution is 5.25. The van der Waals surface area contributed by atoms with Gasteiger partial charge in [0.05, 0.1) is 0 Å². The van der Waals surface area contributed by atoms with Gasteiger partial charge in [0.2, 0.25) is 0 Å². The van der Waals surface area contributed by atoms with Crippen LogP contribution in [0.1, 0.15) is 17.9 Å². The van der Waals surface area contributed by atoms with Crippen LogP contribution in [0.25, 0.3) is 0 Å². The van der Waals surface area contributed by atoms with E-state index in [1.807, 2.05) is 12.1 Å². The Hall–Kier alpha value is -0.890. The first-order valence-corrected chi connectivity index (χ1v) is 5.31. The van der Waals surface area contributed by atoms with E-state index in [1.54, 1.807) is 12.1 Å². The first kappa shape index (κ1) is 8.42. The van der Waals surface area contributed by atoms with Crippen molar-refractivity contribution < 1.29 is 4.39 Å². The van der Waals surface area contributed by atoms with E-state index in [0.717, 1.165) is 18.4 Å².